The Morgan fingerprint density at radius 1 is 1.62 bits per heavy atom. The third kappa shape index (κ3) is 3.47. The number of carbonyl (C=O) groups excluding carboxylic acids is 1. The molecule has 16 heavy (non-hydrogen) atoms. The van der Waals surface area contributed by atoms with Crippen molar-refractivity contribution in [3.63, 3.8) is 0 Å². The van der Waals surface area contributed by atoms with E-state index in [0.29, 0.717) is 12.5 Å². The Kier molecular flexibility index (Phi) is 4.26. The zero-order chi connectivity index (χ0) is 12.2. The van der Waals surface area contributed by atoms with E-state index in [4.69, 9.17) is 4.74 Å². The summed E-state index contributed by atoms with van der Waals surface area (Å²) in [6.07, 6.45) is 2.67. The van der Waals surface area contributed by atoms with Gasteiger partial charge in [0.1, 0.15) is 0 Å². The number of nitrogens with zero attached hydrogens (tertiary/aromatic N) is 1. The normalized spacial score (nSPS) is 29.0. The van der Waals surface area contributed by atoms with Gasteiger partial charge in [-0.3, -0.25) is 14.9 Å². The molecular weight excluding hydrogens is 210 g/mol. The Hall–Kier alpha value is -1.13. The monoisotopic (exact) mass is 229 g/mol. The summed E-state index contributed by atoms with van der Waals surface area (Å²) in [5.74, 6) is 0.160. The smallest absolute Gasteiger partial charge is 0.306 e. The molecule has 5 heteroatoms. The third-order valence-electron chi connectivity index (χ3n) is 3.24. The molecule has 0 aromatic rings. The number of nitro groups is 1. The molecule has 0 spiro atoms. The lowest BCUT2D eigenvalue weighted by molar-refractivity contribution is -0.497. The topological polar surface area (TPSA) is 69.4 Å². The highest BCUT2D eigenvalue weighted by molar-refractivity contribution is 5.70. The van der Waals surface area contributed by atoms with Crippen LogP contribution in [0.3, 0.4) is 0 Å². The van der Waals surface area contributed by atoms with E-state index >= 15 is 0 Å². The van der Waals surface area contributed by atoms with Crippen molar-refractivity contribution in [1.29, 1.82) is 0 Å². The number of esters is 1. The summed E-state index contributed by atoms with van der Waals surface area (Å²) >= 11 is 0. The quantitative estimate of drug-likeness (QED) is 0.411. The van der Waals surface area contributed by atoms with Crippen LogP contribution >= 0.6 is 0 Å². The molecule has 1 fully saturated rings. The van der Waals surface area contributed by atoms with Crippen LogP contribution in [0, 0.1) is 21.4 Å². The number of hydrogen-bond donors (Lipinski definition) is 0. The molecule has 0 aromatic carbocycles. The van der Waals surface area contributed by atoms with E-state index in [9.17, 15) is 14.9 Å². The summed E-state index contributed by atoms with van der Waals surface area (Å²) < 4.78 is 4.88. The molecular formula is C11H19NO4. The van der Waals surface area contributed by atoms with Crippen LogP contribution in [0.25, 0.3) is 0 Å². The van der Waals surface area contributed by atoms with Crippen molar-refractivity contribution in [1.82, 2.24) is 0 Å². The van der Waals surface area contributed by atoms with Crippen LogP contribution in [0.15, 0.2) is 0 Å². The Balaban J connectivity index is 2.64. The number of hydrogen-bond acceptors (Lipinski definition) is 4. The maximum atomic E-state index is 11.4. The van der Waals surface area contributed by atoms with Crippen molar-refractivity contribution in [2.45, 2.75) is 39.5 Å². The minimum atomic E-state index is -0.463. The highest BCUT2D eigenvalue weighted by Crippen LogP contribution is 2.44. The van der Waals surface area contributed by atoms with Crippen molar-refractivity contribution in [2.75, 3.05) is 13.2 Å². The van der Waals surface area contributed by atoms with Crippen LogP contribution in [-0.4, -0.2) is 24.0 Å². The van der Waals surface area contributed by atoms with E-state index in [-0.39, 0.29) is 23.9 Å². The third-order valence-corrected chi connectivity index (χ3v) is 3.24. The zero-order valence-corrected chi connectivity index (χ0v) is 9.90. The van der Waals surface area contributed by atoms with Gasteiger partial charge in [-0.2, -0.15) is 0 Å². The Bertz CT molecular complexity index is 279. The molecule has 5 nitrogen and oxygen atoms in total. The molecule has 92 valence electrons. The molecule has 1 rings (SSSR count). The van der Waals surface area contributed by atoms with E-state index < -0.39 is 5.41 Å². The van der Waals surface area contributed by atoms with Crippen LogP contribution in [-0.2, 0) is 9.53 Å². The lowest BCUT2D eigenvalue weighted by Crippen LogP contribution is -2.30. The predicted octanol–water partition coefficient (Wildman–Crippen LogP) is 2.02. The maximum absolute atomic E-state index is 11.4. The second-order valence-electron chi connectivity index (χ2n) is 4.82. The van der Waals surface area contributed by atoms with Crippen LogP contribution in [0.4, 0.5) is 0 Å². The van der Waals surface area contributed by atoms with Gasteiger partial charge in [-0.25, -0.2) is 0 Å². The molecule has 0 aliphatic heterocycles. The molecule has 0 N–H and O–H groups in total. The van der Waals surface area contributed by atoms with Gasteiger partial charge < -0.3 is 4.74 Å². The van der Waals surface area contributed by atoms with E-state index in [1.165, 1.54) is 0 Å². The summed E-state index contributed by atoms with van der Waals surface area (Å²) in [6.45, 7) is 4.04. The SMILES string of the molecule is CCOC(=O)C[C@@]1(C[N+](=O)[O-])CC[C@@H](C)C1. The highest BCUT2D eigenvalue weighted by atomic mass is 16.6. The van der Waals surface area contributed by atoms with Crippen LogP contribution < -0.4 is 0 Å². The van der Waals surface area contributed by atoms with Gasteiger partial charge >= 0.3 is 5.97 Å². The molecule has 0 bridgehead atoms. The average Bonchev–Trinajstić information content (AvgIpc) is 2.46. The van der Waals surface area contributed by atoms with Crippen molar-refractivity contribution in [3.8, 4) is 0 Å². The van der Waals surface area contributed by atoms with Gasteiger partial charge in [-0.1, -0.05) is 6.92 Å². The number of carbonyl (C=O) groups is 1. The lowest BCUT2D eigenvalue weighted by atomic mass is 9.82. The maximum Gasteiger partial charge on any atom is 0.306 e. The Morgan fingerprint density at radius 2 is 2.31 bits per heavy atom. The molecule has 1 aliphatic carbocycles. The lowest BCUT2D eigenvalue weighted by Gasteiger charge is -2.23. The molecule has 0 radical (unpaired) electrons. The molecule has 2 atom stereocenters. The van der Waals surface area contributed by atoms with Crippen molar-refractivity contribution in [3.05, 3.63) is 10.1 Å². The first-order chi connectivity index (χ1) is 7.47. The van der Waals surface area contributed by atoms with Gasteiger partial charge in [0.25, 0.3) is 0 Å². The standard InChI is InChI=1S/C11H19NO4/c1-3-16-10(13)7-11(8-12(14)15)5-4-9(2)6-11/h9H,3-8H2,1-2H3/t9-,11-/m1/s1. The van der Waals surface area contributed by atoms with Crippen molar-refractivity contribution in [2.24, 2.45) is 11.3 Å². The first-order valence-corrected chi connectivity index (χ1v) is 5.75. The average molecular weight is 229 g/mol. The summed E-state index contributed by atoms with van der Waals surface area (Å²) in [4.78, 5) is 21.8. The molecule has 0 saturated heterocycles. The molecule has 0 aromatic heterocycles. The summed E-state index contributed by atoms with van der Waals surface area (Å²) in [5.41, 5.74) is -0.463. The molecule has 0 unspecified atom stereocenters. The fourth-order valence-electron chi connectivity index (χ4n) is 2.65. The second-order valence-corrected chi connectivity index (χ2v) is 4.82. The van der Waals surface area contributed by atoms with Crippen LogP contribution in [0.2, 0.25) is 0 Å². The van der Waals surface area contributed by atoms with Gasteiger partial charge in [-0.15, -0.1) is 0 Å². The minimum Gasteiger partial charge on any atom is -0.466 e. The molecule has 0 amide bonds. The van der Waals surface area contributed by atoms with Gasteiger partial charge in [0.2, 0.25) is 6.54 Å². The molecule has 0 heterocycles. The number of ether oxygens (including phenoxy) is 1. The second kappa shape index (κ2) is 5.27. The van der Waals surface area contributed by atoms with E-state index in [1.807, 2.05) is 0 Å². The van der Waals surface area contributed by atoms with Crippen LogP contribution in [0.1, 0.15) is 39.5 Å². The minimum absolute atomic E-state index is 0.115. The summed E-state index contributed by atoms with van der Waals surface area (Å²) in [6, 6.07) is 0. The first kappa shape index (κ1) is 12.9. The van der Waals surface area contributed by atoms with Gasteiger partial charge in [0, 0.05) is 10.3 Å². The fraction of sp³-hybridized carbons (Fsp3) is 0.909. The van der Waals surface area contributed by atoms with Gasteiger partial charge in [-0.05, 0) is 32.1 Å². The molecule has 1 saturated carbocycles. The van der Waals surface area contributed by atoms with Gasteiger partial charge in [0.05, 0.1) is 13.0 Å². The Labute approximate surface area is 95.3 Å². The van der Waals surface area contributed by atoms with E-state index in [1.54, 1.807) is 6.92 Å². The van der Waals surface area contributed by atoms with Crippen LogP contribution in [0.5, 0.6) is 0 Å². The predicted molar refractivity (Wildman–Crippen MR) is 58.6 cm³/mol. The highest BCUT2D eigenvalue weighted by Gasteiger charge is 2.43. The molecule has 1 aliphatic rings. The summed E-state index contributed by atoms with van der Waals surface area (Å²) in [7, 11) is 0. The van der Waals surface area contributed by atoms with Crippen molar-refractivity contribution < 1.29 is 14.5 Å². The fourth-order valence-corrected chi connectivity index (χ4v) is 2.65. The summed E-state index contributed by atoms with van der Waals surface area (Å²) in [5, 5.41) is 10.7. The first-order valence-electron chi connectivity index (χ1n) is 5.75. The Morgan fingerprint density at radius 3 is 2.75 bits per heavy atom. The van der Waals surface area contributed by atoms with Crippen molar-refractivity contribution >= 4 is 5.97 Å². The van der Waals surface area contributed by atoms with Gasteiger partial charge in [0.15, 0.2) is 0 Å². The zero-order valence-electron chi connectivity index (χ0n) is 9.90. The largest absolute Gasteiger partial charge is 0.466 e. The van der Waals surface area contributed by atoms with E-state index in [2.05, 4.69) is 6.92 Å². The number of rotatable bonds is 5. The van der Waals surface area contributed by atoms with E-state index in [0.717, 1.165) is 19.3 Å².